The van der Waals surface area contributed by atoms with Gasteiger partial charge in [0, 0.05) is 11.4 Å². The molecule has 1 amide bonds. The van der Waals surface area contributed by atoms with E-state index in [0.29, 0.717) is 11.4 Å². The molecule has 1 aromatic carbocycles. The zero-order valence-electron chi connectivity index (χ0n) is 11.5. The van der Waals surface area contributed by atoms with E-state index in [4.69, 9.17) is 5.73 Å². The van der Waals surface area contributed by atoms with Crippen LogP contribution >= 0.6 is 0 Å². The van der Waals surface area contributed by atoms with Crippen molar-refractivity contribution in [2.75, 3.05) is 11.4 Å². The molecular formula is C15H17N3O2. The minimum Gasteiger partial charge on any atom is -0.368 e. The smallest absolute Gasteiger partial charge is 0.237 e. The summed E-state index contributed by atoms with van der Waals surface area (Å²) in [6, 6.07) is 9.33. The molecule has 0 radical (unpaired) electrons. The molecule has 2 N–H and O–H groups in total. The molecule has 0 saturated heterocycles. The summed E-state index contributed by atoms with van der Waals surface area (Å²) in [7, 11) is 0. The van der Waals surface area contributed by atoms with Crippen LogP contribution in [-0.4, -0.2) is 29.8 Å². The maximum atomic E-state index is 11.3. The summed E-state index contributed by atoms with van der Waals surface area (Å²) in [6.07, 6.45) is 0.755. The van der Waals surface area contributed by atoms with Crippen LogP contribution in [0.2, 0.25) is 0 Å². The molecule has 0 spiro atoms. The Hall–Kier alpha value is -2.43. The van der Waals surface area contributed by atoms with E-state index in [1.165, 1.54) is 0 Å². The van der Waals surface area contributed by atoms with Gasteiger partial charge in [-0.05, 0) is 26.0 Å². The molecule has 0 bridgehead atoms. The quantitative estimate of drug-likeness (QED) is 0.840. The van der Waals surface area contributed by atoms with Crippen molar-refractivity contribution in [1.82, 2.24) is 4.98 Å². The number of carbonyl (C=O) groups excluding carboxylic acids is 2. The number of hydrogen-bond acceptors (Lipinski definition) is 4. The maximum absolute atomic E-state index is 11.3. The fourth-order valence-electron chi connectivity index (χ4n) is 2.11. The Labute approximate surface area is 117 Å². The van der Waals surface area contributed by atoms with E-state index in [1.807, 2.05) is 38.1 Å². The lowest BCUT2D eigenvalue weighted by molar-refractivity contribution is -0.116. The lowest BCUT2D eigenvalue weighted by atomic mass is 10.1. The van der Waals surface area contributed by atoms with Crippen LogP contribution in [0.4, 0.5) is 5.82 Å². The van der Waals surface area contributed by atoms with Crippen LogP contribution in [0.1, 0.15) is 24.2 Å². The molecule has 0 saturated carbocycles. The molecule has 0 aliphatic rings. The van der Waals surface area contributed by atoms with E-state index in [0.717, 1.165) is 17.2 Å². The van der Waals surface area contributed by atoms with Crippen molar-refractivity contribution in [1.29, 1.82) is 0 Å². The number of benzene rings is 1. The molecule has 5 heteroatoms. The van der Waals surface area contributed by atoms with Crippen molar-refractivity contribution in [3.8, 4) is 0 Å². The zero-order chi connectivity index (χ0) is 14.7. The normalized spacial score (nSPS) is 10.8. The summed E-state index contributed by atoms with van der Waals surface area (Å²) in [5, 5.41) is 0.890. The molecule has 2 rings (SSSR count). The lowest BCUT2D eigenvalue weighted by Gasteiger charge is -2.27. The van der Waals surface area contributed by atoms with Gasteiger partial charge in [0.2, 0.25) is 5.91 Å². The summed E-state index contributed by atoms with van der Waals surface area (Å²) >= 11 is 0. The number of primary amides is 1. The monoisotopic (exact) mass is 271 g/mol. The van der Waals surface area contributed by atoms with E-state index in [2.05, 4.69) is 4.98 Å². The number of amides is 1. The Balaban J connectivity index is 2.60. The SMILES string of the molecule is CC(C)N(CC(N)=O)c1nc2ccccc2cc1C=O. The average Bonchev–Trinajstić information content (AvgIpc) is 2.42. The number of nitrogens with zero attached hydrogens (tertiary/aromatic N) is 2. The molecule has 0 unspecified atom stereocenters. The van der Waals surface area contributed by atoms with Gasteiger partial charge in [-0.1, -0.05) is 18.2 Å². The Morgan fingerprint density at radius 2 is 2.10 bits per heavy atom. The van der Waals surface area contributed by atoms with Crippen molar-refractivity contribution in [2.45, 2.75) is 19.9 Å². The van der Waals surface area contributed by atoms with Gasteiger partial charge in [0.25, 0.3) is 0 Å². The molecule has 1 heterocycles. The predicted octanol–water partition coefficient (Wildman–Crippen LogP) is 1.75. The largest absolute Gasteiger partial charge is 0.368 e. The van der Waals surface area contributed by atoms with Gasteiger partial charge in [-0.15, -0.1) is 0 Å². The molecular weight excluding hydrogens is 254 g/mol. The standard InChI is InChI=1S/C15H17N3O2/c1-10(2)18(8-14(16)20)15-12(9-19)7-11-5-3-4-6-13(11)17-15/h3-7,9-10H,8H2,1-2H3,(H2,16,20). The minimum absolute atomic E-state index is 0.00913. The highest BCUT2D eigenvalue weighted by molar-refractivity contribution is 5.93. The highest BCUT2D eigenvalue weighted by Crippen LogP contribution is 2.23. The first-order chi connectivity index (χ1) is 9.52. The molecule has 5 nitrogen and oxygen atoms in total. The number of fused-ring (bicyclic) bond motifs is 1. The van der Waals surface area contributed by atoms with Crippen LogP contribution in [0.5, 0.6) is 0 Å². The van der Waals surface area contributed by atoms with Crippen LogP contribution in [0.15, 0.2) is 30.3 Å². The molecule has 1 aromatic heterocycles. The number of carbonyl (C=O) groups is 2. The van der Waals surface area contributed by atoms with Gasteiger partial charge in [-0.2, -0.15) is 0 Å². The fraction of sp³-hybridized carbons (Fsp3) is 0.267. The second-order valence-electron chi connectivity index (χ2n) is 4.90. The summed E-state index contributed by atoms with van der Waals surface area (Å²) < 4.78 is 0. The van der Waals surface area contributed by atoms with Gasteiger partial charge in [-0.3, -0.25) is 9.59 Å². The number of hydrogen-bond donors (Lipinski definition) is 1. The Morgan fingerprint density at radius 3 is 2.70 bits per heavy atom. The second kappa shape index (κ2) is 5.69. The third-order valence-electron chi connectivity index (χ3n) is 3.08. The van der Waals surface area contributed by atoms with Gasteiger partial charge >= 0.3 is 0 Å². The van der Waals surface area contributed by atoms with Gasteiger partial charge in [-0.25, -0.2) is 4.98 Å². The van der Waals surface area contributed by atoms with Crippen molar-refractivity contribution < 1.29 is 9.59 Å². The molecule has 20 heavy (non-hydrogen) atoms. The van der Waals surface area contributed by atoms with Crippen LogP contribution in [0.25, 0.3) is 10.9 Å². The fourth-order valence-corrected chi connectivity index (χ4v) is 2.11. The first-order valence-electron chi connectivity index (χ1n) is 6.43. The zero-order valence-corrected chi connectivity index (χ0v) is 11.5. The van der Waals surface area contributed by atoms with Gasteiger partial charge in [0.05, 0.1) is 17.6 Å². The van der Waals surface area contributed by atoms with E-state index < -0.39 is 5.91 Å². The third kappa shape index (κ3) is 2.77. The number of para-hydroxylation sites is 1. The summed E-state index contributed by atoms with van der Waals surface area (Å²) in [5.41, 5.74) is 6.51. The summed E-state index contributed by atoms with van der Waals surface area (Å²) in [6.45, 7) is 3.88. The third-order valence-corrected chi connectivity index (χ3v) is 3.08. The molecule has 0 aliphatic carbocycles. The minimum atomic E-state index is -0.453. The van der Waals surface area contributed by atoms with Crippen molar-refractivity contribution in [3.63, 3.8) is 0 Å². The molecule has 0 aliphatic heterocycles. The van der Waals surface area contributed by atoms with Crippen LogP contribution in [0.3, 0.4) is 0 Å². The molecule has 0 fully saturated rings. The van der Waals surface area contributed by atoms with Crippen LogP contribution < -0.4 is 10.6 Å². The number of anilines is 1. The van der Waals surface area contributed by atoms with Gasteiger partial charge in [0.1, 0.15) is 5.82 Å². The topological polar surface area (TPSA) is 76.3 Å². The van der Waals surface area contributed by atoms with Gasteiger partial charge in [0.15, 0.2) is 6.29 Å². The molecule has 0 atom stereocenters. The number of aldehydes is 1. The Bertz CT molecular complexity index is 653. The second-order valence-corrected chi connectivity index (χ2v) is 4.90. The van der Waals surface area contributed by atoms with Gasteiger partial charge < -0.3 is 10.6 Å². The average molecular weight is 271 g/mol. The summed E-state index contributed by atoms with van der Waals surface area (Å²) in [4.78, 5) is 28.8. The lowest BCUT2D eigenvalue weighted by Crippen LogP contribution is -2.39. The predicted molar refractivity (Wildman–Crippen MR) is 78.8 cm³/mol. The Kier molecular flexibility index (Phi) is 3.98. The number of rotatable bonds is 5. The molecule has 2 aromatic rings. The van der Waals surface area contributed by atoms with Crippen LogP contribution in [-0.2, 0) is 4.79 Å². The Morgan fingerprint density at radius 1 is 1.40 bits per heavy atom. The van der Waals surface area contributed by atoms with Crippen molar-refractivity contribution in [2.24, 2.45) is 5.73 Å². The number of nitrogens with two attached hydrogens (primary N) is 1. The summed E-state index contributed by atoms with van der Waals surface area (Å²) in [5.74, 6) is 0.0398. The van der Waals surface area contributed by atoms with E-state index >= 15 is 0 Å². The van der Waals surface area contributed by atoms with Crippen LogP contribution in [0, 0.1) is 0 Å². The molecule has 104 valence electrons. The maximum Gasteiger partial charge on any atom is 0.237 e. The van der Waals surface area contributed by atoms with E-state index in [-0.39, 0.29) is 12.6 Å². The van der Waals surface area contributed by atoms with Crippen molar-refractivity contribution in [3.05, 3.63) is 35.9 Å². The highest BCUT2D eigenvalue weighted by atomic mass is 16.1. The first-order valence-corrected chi connectivity index (χ1v) is 6.43. The van der Waals surface area contributed by atoms with E-state index in [1.54, 1.807) is 11.0 Å². The number of pyridine rings is 1. The van der Waals surface area contributed by atoms with E-state index in [9.17, 15) is 9.59 Å². The number of aromatic nitrogens is 1. The van der Waals surface area contributed by atoms with Crippen molar-refractivity contribution >= 4 is 28.9 Å². The highest BCUT2D eigenvalue weighted by Gasteiger charge is 2.18. The first kappa shape index (κ1) is 14.0.